The molecule has 0 aromatic heterocycles. The van der Waals surface area contributed by atoms with Gasteiger partial charge in [0.1, 0.15) is 16.7 Å². The lowest BCUT2D eigenvalue weighted by atomic mass is 10.2. The highest BCUT2D eigenvalue weighted by atomic mass is 28.4. The van der Waals surface area contributed by atoms with E-state index in [1.54, 1.807) is 35.5 Å². The molecule has 1 aromatic carbocycles. The molecule has 0 unspecified atom stereocenters. The van der Waals surface area contributed by atoms with Gasteiger partial charge >= 0.3 is 8.80 Å². The molecule has 0 N–H and O–H groups in total. The normalized spacial score (nSPS) is 11.4. The van der Waals surface area contributed by atoms with Gasteiger partial charge in [-0.2, -0.15) is 0 Å². The summed E-state index contributed by atoms with van der Waals surface area (Å²) < 4.78 is 27.3. The van der Waals surface area contributed by atoms with Gasteiger partial charge in [0.25, 0.3) is 0 Å². The highest BCUT2D eigenvalue weighted by Gasteiger charge is 2.46. The zero-order valence-corrected chi connectivity index (χ0v) is 12.7. The van der Waals surface area contributed by atoms with Gasteiger partial charge in [-0.25, -0.2) is 0 Å². The number of aryl methyl sites for hydroxylation is 1. The molecule has 0 atom stereocenters. The monoisotopic (exact) mass is 272 g/mol. The predicted molar refractivity (Wildman–Crippen MR) is 70.7 cm³/mol. The van der Waals surface area contributed by atoms with Gasteiger partial charge in [0.2, 0.25) is 0 Å². The zero-order chi connectivity index (χ0) is 13.8. The first-order chi connectivity index (χ1) is 8.60. The summed E-state index contributed by atoms with van der Waals surface area (Å²) in [6, 6.07) is 3.77. The van der Waals surface area contributed by atoms with Crippen molar-refractivity contribution in [2.45, 2.75) is 6.92 Å². The molecular weight excluding hydrogens is 252 g/mol. The van der Waals surface area contributed by atoms with Crippen LogP contribution in [-0.4, -0.2) is 44.4 Å². The molecule has 5 nitrogen and oxygen atoms in total. The Hall–Kier alpha value is -1.08. The molecule has 6 heteroatoms. The fourth-order valence-electron chi connectivity index (χ4n) is 1.95. The van der Waals surface area contributed by atoms with E-state index in [4.69, 9.17) is 22.8 Å². The predicted octanol–water partition coefficient (Wildman–Crippen LogP) is 1.10. The topological polar surface area (TPSA) is 46.2 Å². The molecule has 0 aliphatic carbocycles. The Morgan fingerprint density at radius 1 is 0.833 bits per heavy atom. The zero-order valence-electron chi connectivity index (χ0n) is 11.7. The van der Waals surface area contributed by atoms with Crippen molar-refractivity contribution in [2.75, 3.05) is 35.5 Å². The molecule has 1 rings (SSSR count). The molecule has 0 saturated heterocycles. The van der Waals surface area contributed by atoms with Crippen LogP contribution in [-0.2, 0) is 13.3 Å². The van der Waals surface area contributed by atoms with Crippen molar-refractivity contribution in [3.8, 4) is 11.5 Å². The van der Waals surface area contributed by atoms with E-state index < -0.39 is 8.80 Å². The maximum absolute atomic E-state index is 5.50. The van der Waals surface area contributed by atoms with Crippen molar-refractivity contribution < 1.29 is 22.8 Å². The van der Waals surface area contributed by atoms with Crippen LogP contribution in [0.2, 0.25) is 0 Å². The number of rotatable bonds is 6. The minimum Gasteiger partial charge on any atom is -0.496 e. The van der Waals surface area contributed by atoms with E-state index >= 15 is 0 Å². The Morgan fingerprint density at radius 2 is 1.39 bits per heavy atom. The van der Waals surface area contributed by atoms with E-state index in [2.05, 4.69) is 0 Å². The van der Waals surface area contributed by atoms with Gasteiger partial charge in [-0.15, -0.1) is 0 Å². The Morgan fingerprint density at radius 3 is 1.78 bits per heavy atom. The van der Waals surface area contributed by atoms with Crippen LogP contribution < -0.4 is 14.7 Å². The summed E-state index contributed by atoms with van der Waals surface area (Å²) in [5.41, 5.74) is 0.969. The van der Waals surface area contributed by atoms with Crippen molar-refractivity contribution in [3.05, 3.63) is 17.7 Å². The number of hydrogen-bond acceptors (Lipinski definition) is 5. The first kappa shape index (κ1) is 15.0. The number of benzene rings is 1. The molecule has 0 bridgehead atoms. The lowest BCUT2D eigenvalue weighted by molar-refractivity contribution is 0.138. The second-order valence-corrected chi connectivity index (χ2v) is 6.50. The molecule has 0 spiro atoms. The molecule has 102 valence electrons. The van der Waals surface area contributed by atoms with E-state index in [1.165, 1.54) is 0 Å². The molecule has 0 fully saturated rings. The van der Waals surface area contributed by atoms with Crippen LogP contribution in [0.15, 0.2) is 12.1 Å². The van der Waals surface area contributed by atoms with Gasteiger partial charge in [-0.3, -0.25) is 0 Å². The van der Waals surface area contributed by atoms with Gasteiger partial charge in [0.05, 0.1) is 14.2 Å². The smallest absolute Gasteiger partial charge is 0.496 e. The third kappa shape index (κ3) is 2.37. The van der Waals surface area contributed by atoms with E-state index in [1.807, 2.05) is 19.1 Å². The van der Waals surface area contributed by atoms with Crippen molar-refractivity contribution in [1.29, 1.82) is 0 Å². The molecule has 0 radical (unpaired) electrons. The van der Waals surface area contributed by atoms with Crippen LogP contribution in [0, 0.1) is 6.92 Å². The van der Waals surface area contributed by atoms with E-state index in [0.717, 1.165) is 5.56 Å². The van der Waals surface area contributed by atoms with Crippen LogP contribution in [0.5, 0.6) is 11.5 Å². The summed E-state index contributed by atoms with van der Waals surface area (Å²) in [5.74, 6) is 1.31. The summed E-state index contributed by atoms with van der Waals surface area (Å²) in [4.78, 5) is 0. The van der Waals surface area contributed by atoms with Crippen molar-refractivity contribution in [2.24, 2.45) is 0 Å². The highest BCUT2D eigenvalue weighted by Crippen LogP contribution is 2.26. The minimum atomic E-state index is -3.01. The summed E-state index contributed by atoms with van der Waals surface area (Å²) in [5, 5.41) is 0.708. The lowest BCUT2D eigenvalue weighted by Crippen LogP contribution is -2.55. The average Bonchev–Trinajstić information content (AvgIpc) is 2.42. The van der Waals surface area contributed by atoms with E-state index in [0.29, 0.717) is 16.7 Å². The number of methoxy groups -OCH3 is 2. The largest absolute Gasteiger partial charge is 0.544 e. The van der Waals surface area contributed by atoms with Gasteiger partial charge in [0.15, 0.2) is 0 Å². The van der Waals surface area contributed by atoms with Crippen LogP contribution in [0.25, 0.3) is 0 Å². The van der Waals surface area contributed by atoms with Gasteiger partial charge in [0, 0.05) is 21.3 Å². The Balaban J connectivity index is 3.57. The van der Waals surface area contributed by atoms with E-state index in [-0.39, 0.29) is 0 Å². The molecule has 0 heterocycles. The molecule has 0 saturated carbocycles. The quantitative estimate of drug-likeness (QED) is 0.726. The maximum Gasteiger partial charge on any atom is 0.544 e. The maximum atomic E-state index is 5.50. The van der Waals surface area contributed by atoms with E-state index in [9.17, 15) is 0 Å². The summed E-state index contributed by atoms with van der Waals surface area (Å²) in [6.45, 7) is 1.95. The highest BCUT2D eigenvalue weighted by molar-refractivity contribution is 6.77. The van der Waals surface area contributed by atoms with Crippen molar-refractivity contribution in [3.63, 3.8) is 0 Å². The fourth-order valence-corrected chi connectivity index (χ4v) is 4.12. The minimum absolute atomic E-state index is 0.634. The van der Waals surface area contributed by atoms with Crippen LogP contribution in [0.4, 0.5) is 0 Å². The third-order valence-corrected chi connectivity index (χ3v) is 5.55. The van der Waals surface area contributed by atoms with Crippen molar-refractivity contribution >= 4 is 14.0 Å². The molecule has 0 aliphatic rings. The third-order valence-electron chi connectivity index (χ3n) is 2.85. The Bertz CT molecular complexity index is 395. The summed E-state index contributed by atoms with van der Waals surface area (Å²) in [7, 11) is 4.86. The molecule has 1 aromatic rings. The second kappa shape index (κ2) is 6.19. The Labute approximate surface area is 109 Å². The summed E-state index contributed by atoms with van der Waals surface area (Å²) in [6.07, 6.45) is 0. The van der Waals surface area contributed by atoms with Crippen LogP contribution >= 0.6 is 0 Å². The molecule has 0 aliphatic heterocycles. The molecule has 0 amide bonds. The molecular formula is C12H20O5Si. The fraction of sp³-hybridized carbons (Fsp3) is 0.500. The first-order valence-corrected chi connectivity index (χ1v) is 7.20. The van der Waals surface area contributed by atoms with Crippen LogP contribution in [0.1, 0.15) is 5.56 Å². The van der Waals surface area contributed by atoms with Gasteiger partial charge in [-0.05, 0) is 18.6 Å². The SMILES string of the molecule is COc1ccc(C)c(OC)c1[Si](OC)(OC)OC. The Kier molecular flexibility index (Phi) is 5.15. The van der Waals surface area contributed by atoms with Crippen molar-refractivity contribution in [1.82, 2.24) is 0 Å². The lowest BCUT2D eigenvalue weighted by Gasteiger charge is -2.28. The number of hydrogen-bond donors (Lipinski definition) is 0. The number of ether oxygens (including phenoxy) is 2. The average molecular weight is 272 g/mol. The standard InChI is InChI=1S/C12H20O5Si/c1-9-7-8-10(13-2)12(11(9)14-3)18(15-4,16-5)17-6/h7-8H,1-6H3. The summed E-state index contributed by atoms with van der Waals surface area (Å²) >= 11 is 0. The molecule has 18 heavy (non-hydrogen) atoms. The second-order valence-electron chi connectivity index (χ2n) is 3.66. The first-order valence-electron chi connectivity index (χ1n) is 5.47. The van der Waals surface area contributed by atoms with Crippen LogP contribution in [0.3, 0.4) is 0 Å². The van der Waals surface area contributed by atoms with Gasteiger partial charge in [-0.1, -0.05) is 6.07 Å². The van der Waals surface area contributed by atoms with Gasteiger partial charge < -0.3 is 22.8 Å².